The summed E-state index contributed by atoms with van der Waals surface area (Å²) in [6.07, 6.45) is 1.17. The first-order valence-corrected chi connectivity index (χ1v) is 5.52. The van der Waals surface area contributed by atoms with Gasteiger partial charge in [0.2, 0.25) is 0 Å². The van der Waals surface area contributed by atoms with Gasteiger partial charge in [0.15, 0.2) is 0 Å². The number of imide groups is 1. The van der Waals surface area contributed by atoms with Crippen molar-refractivity contribution in [2.24, 2.45) is 0 Å². The van der Waals surface area contributed by atoms with Crippen molar-refractivity contribution in [2.75, 3.05) is 18.9 Å². The van der Waals surface area contributed by atoms with Crippen molar-refractivity contribution < 1.29 is 14.7 Å². The molecule has 1 aliphatic rings. The first-order valence-electron chi connectivity index (χ1n) is 5.52. The van der Waals surface area contributed by atoms with Gasteiger partial charge in [-0.2, -0.15) is 0 Å². The highest BCUT2D eigenvalue weighted by Crippen LogP contribution is 2.27. The molecule has 0 saturated carbocycles. The topological polar surface area (TPSA) is 83.6 Å². The molecule has 17 heavy (non-hydrogen) atoms. The Labute approximate surface area is 98.8 Å². The Balaban J connectivity index is 2.24. The Kier molecular flexibility index (Phi) is 3.10. The van der Waals surface area contributed by atoms with Crippen LogP contribution >= 0.6 is 0 Å². The molecule has 0 spiro atoms. The van der Waals surface area contributed by atoms with Crippen LogP contribution in [0.1, 0.15) is 33.6 Å². The highest BCUT2D eigenvalue weighted by molar-refractivity contribution is 6.23. The zero-order valence-electron chi connectivity index (χ0n) is 9.35. The maximum Gasteiger partial charge on any atom is 0.263 e. The van der Waals surface area contributed by atoms with Crippen molar-refractivity contribution in [2.45, 2.75) is 12.8 Å². The number of nitrogens with zero attached hydrogens (tertiary/aromatic N) is 1. The lowest BCUT2D eigenvalue weighted by Gasteiger charge is -2.12. The van der Waals surface area contributed by atoms with E-state index in [9.17, 15) is 9.59 Å². The number of amides is 2. The predicted molar refractivity (Wildman–Crippen MR) is 62.5 cm³/mol. The lowest BCUT2D eigenvalue weighted by Crippen LogP contribution is -2.30. The number of carbonyl (C=O) groups excluding carboxylic acids is 2. The van der Waals surface area contributed by atoms with Crippen LogP contribution in [0.5, 0.6) is 0 Å². The van der Waals surface area contributed by atoms with E-state index in [1.807, 2.05) is 0 Å². The number of fused-ring (bicyclic) bond motifs is 1. The van der Waals surface area contributed by atoms with Gasteiger partial charge in [0.1, 0.15) is 0 Å². The minimum Gasteiger partial charge on any atom is -0.398 e. The van der Waals surface area contributed by atoms with Crippen LogP contribution in [-0.4, -0.2) is 35.0 Å². The second-order valence-electron chi connectivity index (χ2n) is 3.96. The van der Waals surface area contributed by atoms with Crippen molar-refractivity contribution in [3.05, 3.63) is 29.3 Å². The molecule has 0 saturated heterocycles. The molecule has 0 unspecified atom stereocenters. The molecule has 0 radical (unpaired) electrons. The van der Waals surface area contributed by atoms with Crippen molar-refractivity contribution in [1.29, 1.82) is 0 Å². The molecule has 2 amide bonds. The van der Waals surface area contributed by atoms with Crippen LogP contribution in [0.15, 0.2) is 18.2 Å². The van der Waals surface area contributed by atoms with Crippen molar-refractivity contribution in [3.63, 3.8) is 0 Å². The van der Waals surface area contributed by atoms with Gasteiger partial charge in [-0.3, -0.25) is 14.5 Å². The van der Waals surface area contributed by atoms with Crippen LogP contribution in [0.2, 0.25) is 0 Å². The normalized spacial score (nSPS) is 14.3. The highest BCUT2D eigenvalue weighted by Gasteiger charge is 2.36. The summed E-state index contributed by atoms with van der Waals surface area (Å²) >= 11 is 0. The van der Waals surface area contributed by atoms with E-state index in [-0.39, 0.29) is 18.4 Å². The van der Waals surface area contributed by atoms with Gasteiger partial charge in [-0.05, 0) is 25.0 Å². The van der Waals surface area contributed by atoms with E-state index in [1.54, 1.807) is 18.2 Å². The number of aliphatic hydroxyl groups is 1. The van der Waals surface area contributed by atoms with Gasteiger partial charge in [0, 0.05) is 18.8 Å². The van der Waals surface area contributed by atoms with Gasteiger partial charge in [-0.15, -0.1) is 0 Å². The molecule has 0 atom stereocenters. The number of anilines is 1. The molecule has 5 heteroatoms. The summed E-state index contributed by atoms with van der Waals surface area (Å²) in [5.41, 5.74) is 6.72. The maximum absolute atomic E-state index is 12.0. The molecule has 0 fully saturated rings. The zero-order chi connectivity index (χ0) is 12.4. The molecule has 3 N–H and O–H groups in total. The van der Waals surface area contributed by atoms with Crippen LogP contribution in [0, 0.1) is 0 Å². The second kappa shape index (κ2) is 4.55. The third-order valence-electron chi connectivity index (χ3n) is 2.82. The van der Waals surface area contributed by atoms with Crippen LogP contribution < -0.4 is 5.73 Å². The van der Waals surface area contributed by atoms with Gasteiger partial charge >= 0.3 is 0 Å². The molecule has 0 bridgehead atoms. The first-order chi connectivity index (χ1) is 8.16. The predicted octanol–water partition coefficient (Wildman–Crippen LogP) is 0.637. The van der Waals surface area contributed by atoms with Crippen molar-refractivity contribution >= 4 is 17.5 Å². The van der Waals surface area contributed by atoms with E-state index in [1.165, 1.54) is 4.90 Å². The third kappa shape index (κ3) is 1.89. The van der Waals surface area contributed by atoms with Crippen LogP contribution in [0.3, 0.4) is 0 Å². The molecule has 90 valence electrons. The Morgan fingerprint density at radius 1 is 1.18 bits per heavy atom. The van der Waals surface area contributed by atoms with E-state index in [0.29, 0.717) is 36.2 Å². The summed E-state index contributed by atoms with van der Waals surface area (Å²) in [4.78, 5) is 25.1. The summed E-state index contributed by atoms with van der Waals surface area (Å²) in [5, 5.41) is 8.68. The Morgan fingerprint density at radius 3 is 2.59 bits per heavy atom. The van der Waals surface area contributed by atoms with E-state index < -0.39 is 0 Å². The Morgan fingerprint density at radius 2 is 1.94 bits per heavy atom. The van der Waals surface area contributed by atoms with E-state index in [4.69, 9.17) is 10.8 Å². The van der Waals surface area contributed by atoms with Gasteiger partial charge in [0.05, 0.1) is 11.1 Å². The summed E-state index contributed by atoms with van der Waals surface area (Å²) in [5.74, 6) is -0.628. The quantitative estimate of drug-likeness (QED) is 0.455. The second-order valence-corrected chi connectivity index (χ2v) is 3.96. The van der Waals surface area contributed by atoms with E-state index in [0.717, 1.165) is 0 Å². The number of aliphatic hydroxyl groups excluding tert-OH is 1. The fraction of sp³-hybridized carbons (Fsp3) is 0.333. The number of carbonyl (C=O) groups is 2. The largest absolute Gasteiger partial charge is 0.398 e. The number of benzene rings is 1. The maximum atomic E-state index is 12.0. The van der Waals surface area contributed by atoms with Gasteiger partial charge in [-0.1, -0.05) is 6.07 Å². The number of unbranched alkanes of at least 4 members (excludes halogenated alkanes) is 1. The summed E-state index contributed by atoms with van der Waals surface area (Å²) in [6, 6.07) is 4.88. The molecule has 1 aromatic rings. The fourth-order valence-electron chi connectivity index (χ4n) is 1.94. The van der Waals surface area contributed by atoms with Crippen LogP contribution in [0.4, 0.5) is 5.69 Å². The molecular formula is C12H14N2O3. The monoisotopic (exact) mass is 234 g/mol. The van der Waals surface area contributed by atoms with Gasteiger partial charge in [-0.25, -0.2) is 0 Å². The minimum atomic E-state index is -0.332. The fourth-order valence-corrected chi connectivity index (χ4v) is 1.94. The molecule has 1 aromatic carbocycles. The molecule has 5 nitrogen and oxygen atoms in total. The Hall–Kier alpha value is -1.88. The van der Waals surface area contributed by atoms with Crippen molar-refractivity contribution in [3.8, 4) is 0 Å². The average Bonchev–Trinajstić information content (AvgIpc) is 2.55. The number of hydrogen-bond acceptors (Lipinski definition) is 4. The van der Waals surface area contributed by atoms with Gasteiger partial charge < -0.3 is 10.8 Å². The van der Waals surface area contributed by atoms with E-state index in [2.05, 4.69) is 0 Å². The molecule has 1 heterocycles. The molecule has 2 rings (SSSR count). The lowest BCUT2D eigenvalue weighted by molar-refractivity contribution is 0.0649. The third-order valence-corrected chi connectivity index (χ3v) is 2.82. The minimum absolute atomic E-state index is 0.0608. The lowest BCUT2D eigenvalue weighted by atomic mass is 10.1. The average molecular weight is 234 g/mol. The number of rotatable bonds is 4. The van der Waals surface area contributed by atoms with Crippen molar-refractivity contribution in [1.82, 2.24) is 4.90 Å². The summed E-state index contributed by atoms with van der Waals surface area (Å²) < 4.78 is 0. The Bertz CT molecular complexity index is 471. The SMILES string of the molecule is Nc1cccc2c1C(=O)N(CCCCO)C2=O. The number of nitrogen functional groups attached to an aromatic ring is 1. The summed E-state index contributed by atoms with van der Waals surface area (Å²) in [7, 11) is 0. The molecule has 1 aliphatic heterocycles. The molecular weight excluding hydrogens is 220 g/mol. The zero-order valence-corrected chi connectivity index (χ0v) is 9.35. The molecule has 0 aliphatic carbocycles. The number of hydrogen-bond donors (Lipinski definition) is 2. The van der Waals surface area contributed by atoms with Gasteiger partial charge in [0.25, 0.3) is 11.8 Å². The van der Waals surface area contributed by atoms with Crippen LogP contribution in [-0.2, 0) is 0 Å². The van der Waals surface area contributed by atoms with E-state index >= 15 is 0 Å². The van der Waals surface area contributed by atoms with Crippen LogP contribution in [0.25, 0.3) is 0 Å². The highest BCUT2D eigenvalue weighted by atomic mass is 16.3. The summed E-state index contributed by atoms with van der Waals surface area (Å²) in [6.45, 7) is 0.387. The number of nitrogens with two attached hydrogens (primary N) is 1. The standard InChI is InChI=1S/C12H14N2O3/c13-9-5-3-4-8-10(9)12(17)14(11(8)16)6-1-2-7-15/h3-5,15H,1-2,6-7,13H2. The first kappa shape index (κ1) is 11.6. The smallest absolute Gasteiger partial charge is 0.263 e. The molecule has 0 aromatic heterocycles.